The highest BCUT2D eigenvalue weighted by atomic mass is 32.2. The van der Waals surface area contributed by atoms with Gasteiger partial charge in [0, 0.05) is 24.3 Å². The average Bonchev–Trinajstić information content (AvgIpc) is 2.51. The van der Waals surface area contributed by atoms with E-state index in [0.29, 0.717) is 6.54 Å². The van der Waals surface area contributed by atoms with Gasteiger partial charge in [0.05, 0.1) is 0 Å². The van der Waals surface area contributed by atoms with Crippen molar-refractivity contribution in [2.24, 2.45) is 11.7 Å². The number of nitrogens with one attached hydrogen (secondary N) is 1. The van der Waals surface area contributed by atoms with Gasteiger partial charge in [0.15, 0.2) is 0 Å². The molecule has 0 bridgehead atoms. The lowest BCUT2D eigenvalue weighted by atomic mass is 10.1. The molecule has 0 radical (unpaired) electrons. The Morgan fingerprint density at radius 3 is 3.08 bits per heavy atom. The molecule has 0 aliphatic carbocycles. The molecule has 1 rings (SSSR count). The lowest BCUT2D eigenvalue weighted by Gasteiger charge is -2.11. The van der Waals surface area contributed by atoms with Gasteiger partial charge in [0.2, 0.25) is 5.91 Å². The smallest absolute Gasteiger partial charge is 0.224 e. The first kappa shape index (κ1) is 9.86. The Morgan fingerprint density at radius 1 is 1.83 bits per heavy atom. The summed E-state index contributed by atoms with van der Waals surface area (Å²) in [6.07, 6.45) is 1.02. The molecular formula is C8H16N2OS. The summed E-state index contributed by atoms with van der Waals surface area (Å²) in [5.74, 6) is 2.51. The van der Waals surface area contributed by atoms with Crippen molar-refractivity contribution in [1.82, 2.24) is 5.32 Å². The minimum atomic E-state index is 0.0583. The van der Waals surface area contributed by atoms with Crippen LogP contribution in [0, 0.1) is 5.92 Å². The number of amides is 1. The predicted octanol–water partition coefficient (Wildman–Crippen LogP) is 0.203. The van der Waals surface area contributed by atoms with Gasteiger partial charge in [-0.05, 0) is 19.1 Å². The molecule has 1 heterocycles. The Morgan fingerprint density at radius 2 is 2.58 bits per heavy atom. The molecule has 0 aromatic heterocycles. The standard InChI is InChI=1S/C8H16N2OS/c1-6(9)4-10-8(11)7-2-3-12-5-7/h6-7H,2-5,9H2,1H3,(H,10,11). The monoisotopic (exact) mass is 188 g/mol. The van der Waals surface area contributed by atoms with Crippen LogP contribution >= 0.6 is 11.8 Å². The van der Waals surface area contributed by atoms with Crippen molar-refractivity contribution in [2.75, 3.05) is 18.1 Å². The highest BCUT2D eigenvalue weighted by molar-refractivity contribution is 7.99. The van der Waals surface area contributed by atoms with E-state index in [1.807, 2.05) is 18.7 Å². The number of nitrogens with two attached hydrogens (primary N) is 1. The first-order valence-electron chi connectivity index (χ1n) is 4.31. The highest BCUT2D eigenvalue weighted by Gasteiger charge is 2.22. The number of rotatable bonds is 3. The van der Waals surface area contributed by atoms with Crippen LogP contribution in [0.4, 0.5) is 0 Å². The van der Waals surface area contributed by atoms with E-state index in [4.69, 9.17) is 5.73 Å². The first-order chi connectivity index (χ1) is 5.70. The number of hydrogen-bond acceptors (Lipinski definition) is 3. The van der Waals surface area contributed by atoms with E-state index in [2.05, 4.69) is 5.32 Å². The minimum absolute atomic E-state index is 0.0583. The van der Waals surface area contributed by atoms with Crippen molar-refractivity contribution in [3.05, 3.63) is 0 Å². The predicted molar refractivity (Wildman–Crippen MR) is 52.1 cm³/mol. The number of thioether (sulfide) groups is 1. The Labute approximate surface area is 77.5 Å². The molecule has 2 unspecified atom stereocenters. The van der Waals surface area contributed by atoms with E-state index < -0.39 is 0 Å². The van der Waals surface area contributed by atoms with Crippen LogP contribution in [0.15, 0.2) is 0 Å². The maximum atomic E-state index is 11.4. The molecule has 1 fully saturated rings. The molecule has 0 aromatic carbocycles. The fraction of sp³-hybridized carbons (Fsp3) is 0.875. The van der Waals surface area contributed by atoms with Crippen LogP contribution in [-0.2, 0) is 4.79 Å². The van der Waals surface area contributed by atoms with Gasteiger partial charge in [-0.2, -0.15) is 11.8 Å². The van der Waals surface area contributed by atoms with E-state index in [1.54, 1.807) is 0 Å². The minimum Gasteiger partial charge on any atom is -0.354 e. The zero-order chi connectivity index (χ0) is 8.97. The van der Waals surface area contributed by atoms with E-state index in [9.17, 15) is 4.79 Å². The van der Waals surface area contributed by atoms with Crippen LogP contribution in [0.2, 0.25) is 0 Å². The molecule has 1 amide bonds. The molecule has 1 saturated heterocycles. The summed E-state index contributed by atoms with van der Waals surface area (Å²) in [7, 11) is 0. The molecule has 0 spiro atoms. The van der Waals surface area contributed by atoms with Crippen molar-refractivity contribution in [2.45, 2.75) is 19.4 Å². The zero-order valence-corrected chi connectivity index (χ0v) is 8.19. The molecule has 0 saturated carbocycles. The third kappa shape index (κ3) is 3.03. The quantitative estimate of drug-likeness (QED) is 0.665. The second kappa shape index (κ2) is 4.72. The molecule has 2 atom stereocenters. The zero-order valence-electron chi connectivity index (χ0n) is 7.38. The molecule has 4 heteroatoms. The molecule has 3 N–H and O–H groups in total. The van der Waals surface area contributed by atoms with Crippen molar-refractivity contribution >= 4 is 17.7 Å². The van der Waals surface area contributed by atoms with Crippen molar-refractivity contribution < 1.29 is 4.79 Å². The second-order valence-electron chi connectivity index (χ2n) is 3.28. The Balaban J connectivity index is 2.18. The number of carbonyl (C=O) groups excluding carboxylic acids is 1. The van der Waals surface area contributed by atoms with Crippen LogP contribution < -0.4 is 11.1 Å². The molecular weight excluding hydrogens is 172 g/mol. The fourth-order valence-electron chi connectivity index (χ4n) is 1.15. The lowest BCUT2D eigenvalue weighted by Crippen LogP contribution is -2.38. The third-order valence-corrected chi connectivity index (χ3v) is 3.06. The SMILES string of the molecule is CC(N)CNC(=O)C1CCSC1. The van der Waals surface area contributed by atoms with Gasteiger partial charge in [-0.15, -0.1) is 0 Å². The third-order valence-electron chi connectivity index (χ3n) is 1.90. The van der Waals surface area contributed by atoms with Crippen LogP contribution in [0.5, 0.6) is 0 Å². The van der Waals surface area contributed by atoms with E-state index in [-0.39, 0.29) is 17.9 Å². The van der Waals surface area contributed by atoms with Gasteiger partial charge < -0.3 is 11.1 Å². The molecule has 1 aliphatic heterocycles. The highest BCUT2D eigenvalue weighted by Crippen LogP contribution is 2.23. The van der Waals surface area contributed by atoms with Crippen LogP contribution in [-0.4, -0.2) is 30.0 Å². The van der Waals surface area contributed by atoms with E-state index in [1.165, 1.54) is 0 Å². The largest absolute Gasteiger partial charge is 0.354 e. The maximum absolute atomic E-state index is 11.4. The summed E-state index contributed by atoms with van der Waals surface area (Å²) < 4.78 is 0. The number of hydrogen-bond donors (Lipinski definition) is 2. The van der Waals surface area contributed by atoms with E-state index >= 15 is 0 Å². The Hall–Kier alpha value is -0.220. The van der Waals surface area contributed by atoms with Crippen molar-refractivity contribution in [1.29, 1.82) is 0 Å². The fourth-order valence-corrected chi connectivity index (χ4v) is 2.37. The summed E-state index contributed by atoms with van der Waals surface area (Å²) >= 11 is 1.85. The van der Waals surface area contributed by atoms with Crippen molar-refractivity contribution in [3.8, 4) is 0 Å². The summed E-state index contributed by atoms with van der Waals surface area (Å²) in [5.41, 5.74) is 5.52. The second-order valence-corrected chi connectivity index (χ2v) is 4.43. The summed E-state index contributed by atoms with van der Waals surface area (Å²) in [6, 6.07) is 0.0583. The van der Waals surface area contributed by atoms with Crippen LogP contribution in [0.3, 0.4) is 0 Å². The molecule has 3 nitrogen and oxygen atoms in total. The number of carbonyl (C=O) groups is 1. The molecule has 0 aromatic rings. The maximum Gasteiger partial charge on any atom is 0.224 e. The van der Waals surface area contributed by atoms with Gasteiger partial charge in [-0.1, -0.05) is 0 Å². The average molecular weight is 188 g/mol. The molecule has 70 valence electrons. The van der Waals surface area contributed by atoms with Crippen LogP contribution in [0.1, 0.15) is 13.3 Å². The summed E-state index contributed by atoms with van der Waals surface area (Å²) in [5, 5.41) is 2.85. The molecule has 12 heavy (non-hydrogen) atoms. The van der Waals surface area contributed by atoms with Gasteiger partial charge in [-0.25, -0.2) is 0 Å². The Bertz CT molecular complexity index is 155. The summed E-state index contributed by atoms with van der Waals surface area (Å²) in [4.78, 5) is 11.4. The normalized spacial score (nSPS) is 25.3. The molecule has 1 aliphatic rings. The van der Waals surface area contributed by atoms with Gasteiger partial charge in [-0.3, -0.25) is 4.79 Å². The lowest BCUT2D eigenvalue weighted by molar-refractivity contribution is -0.124. The topological polar surface area (TPSA) is 55.1 Å². The van der Waals surface area contributed by atoms with Crippen molar-refractivity contribution in [3.63, 3.8) is 0 Å². The van der Waals surface area contributed by atoms with Gasteiger partial charge in [0.25, 0.3) is 0 Å². The Kier molecular flexibility index (Phi) is 3.88. The first-order valence-corrected chi connectivity index (χ1v) is 5.46. The van der Waals surface area contributed by atoms with E-state index in [0.717, 1.165) is 17.9 Å². The van der Waals surface area contributed by atoms with Gasteiger partial charge >= 0.3 is 0 Å². The van der Waals surface area contributed by atoms with Gasteiger partial charge in [0.1, 0.15) is 0 Å². The summed E-state index contributed by atoms with van der Waals surface area (Å²) in [6.45, 7) is 2.49. The van der Waals surface area contributed by atoms with Crippen LogP contribution in [0.25, 0.3) is 0 Å².